The van der Waals surface area contributed by atoms with Gasteiger partial charge in [-0.05, 0) is 31.6 Å². The fourth-order valence-corrected chi connectivity index (χ4v) is 2.52. The van der Waals surface area contributed by atoms with Gasteiger partial charge in [-0.2, -0.15) is 8.42 Å². The molecule has 8 nitrogen and oxygen atoms in total. The first-order chi connectivity index (χ1) is 9.38. The van der Waals surface area contributed by atoms with Crippen LogP contribution in [0.4, 0.5) is 0 Å². The Kier molecular flexibility index (Phi) is 5.51. The molecule has 1 aliphatic rings. The highest BCUT2D eigenvalue weighted by Crippen LogP contribution is 2.22. The highest BCUT2D eigenvalue weighted by molar-refractivity contribution is 7.73. The number of allylic oxidation sites excluding steroid dienone is 2. The molecule has 0 heterocycles. The van der Waals surface area contributed by atoms with Gasteiger partial charge in [0.1, 0.15) is 6.04 Å². The summed E-state index contributed by atoms with van der Waals surface area (Å²) in [5, 5.41) is 12.3. The van der Waals surface area contributed by atoms with Gasteiger partial charge in [0.2, 0.25) is 10.3 Å². The number of rotatable bonds is 5. The van der Waals surface area contributed by atoms with Gasteiger partial charge in [0.05, 0.1) is 10.4 Å². The predicted molar refractivity (Wildman–Crippen MR) is 73.8 cm³/mol. The molecule has 0 bridgehead atoms. The molecule has 0 radical (unpaired) electrons. The highest BCUT2D eigenvalue weighted by atomic mass is 32.2. The van der Waals surface area contributed by atoms with Crippen LogP contribution in [-0.2, 0) is 15.1 Å². The summed E-state index contributed by atoms with van der Waals surface area (Å²) in [6.07, 6.45) is 3.14. The van der Waals surface area contributed by atoms with Crippen LogP contribution in [0.15, 0.2) is 28.4 Å². The van der Waals surface area contributed by atoms with Gasteiger partial charge in [-0.25, -0.2) is 4.79 Å². The van der Waals surface area contributed by atoms with Crippen LogP contribution in [0.2, 0.25) is 0 Å². The monoisotopic (exact) mass is 298 g/mol. The number of carboxylic acid groups (broad SMARTS) is 1. The summed E-state index contributed by atoms with van der Waals surface area (Å²) >= 11 is 0. The molecular formula is C11H14N4O4S. The van der Waals surface area contributed by atoms with Gasteiger partial charge >= 0.3 is 5.97 Å². The van der Waals surface area contributed by atoms with Crippen molar-refractivity contribution in [1.82, 2.24) is 4.90 Å². The molecule has 1 aliphatic carbocycles. The van der Waals surface area contributed by atoms with Crippen molar-refractivity contribution in [3.05, 3.63) is 33.7 Å². The number of nitrogens with zero attached hydrogens (tertiary/aromatic N) is 4. The molecular weight excluding hydrogens is 284 g/mol. The molecule has 0 aromatic carbocycles. The molecule has 1 atom stereocenters. The minimum atomic E-state index is -2.65. The molecule has 1 unspecified atom stereocenters. The van der Waals surface area contributed by atoms with Gasteiger partial charge in [-0.15, -0.1) is 0 Å². The van der Waals surface area contributed by atoms with Gasteiger partial charge in [0, 0.05) is 11.5 Å². The molecule has 20 heavy (non-hydrogen) atoms. The van der Waals surface area contributed by atoms with Crippen molar-refractivity contribution in [2.24, 2.45) is 5.11 Å². The largest absolute Gasteiger partial charge is 0.478 e. The van der Waals surface area contributed by atoms with Crippen LogP contribution < -0.4 is 0 Å². The van der Waals surface area contributed by atoms with E-state index in [1.54, 1.807) is 0 Å². The smallest absolute Gasteiger partial charge is 0.332 e. The summed E-state index contributed by atoms with van der Waals surface area (Å²) < 4.78 is 22.7. The molecule has 0 amide bonds. The van der Waals surface area contributed by atoms with E-state index in [1.165, 1.54) is 12.2 Å². The summed E-state index contributed by atoms with van der Waals surface area (Å²) in [7, 11) is 1.01. The average Bonchev–Trinajstić information content (AvgIpc) is 2.35. The van der Waals surface area contributed by atoms with Gasteiger partial charge in [-0.1, -0.05) is 17.3 Å². The maximum Gasteiger partial charge on any atom is 0.332 e. The van der Waals surface area contributed by atoms with Crippen molar-refractivity contribution in [2.45, 2.75) is 12.5 Å². The van der Waals surface area contributed by atoms with Crippen LogP contribution >= 0.6 is 0 Å². The molecule has 0 saturated carbocycles. The highest BCUT2D eigenvalue weighted by Gasteiger charge is 2.30. The van der Waals surface area contributed by atoms with Crippen LogP contribution in [0.25, 0.3) is 10.4 Å². The first kappa shape index (κ1) is 16.0. The number of carbonyl (C=O) groups is 1. The zero-order valence-corrected chi connectivity index (χ0v) is 11.8. The standard InChI is InChI=1S/C11H14N4O4S/c1-15(2)6-5-7-3-4-8(11(16)17)9(13-14-12)10(7)20(18)19/h3-4,9H,5-6H2,1-2H3,(H,16,17). The van der Waals surface area contributed by atoms with Crippen molar-refractivity contribution < 1.29 is 18.3 Å². The first-order valence-electron chi connectivity index (χ1n) is 5.68. The SMILES string of the molecule is CN(C)CCC1=CC=C(C(=O)O)C(N=[N+]=[N-])C1=S(=O)=O. The molecule has 0 spiro atoms. The third-order valence-corrected chi connectivity index (χ3v) is 3.59. The second-order valence-corrected chi connectivity index (χ2v) is 5.29. The third-order valence-electron chi connectivity index (χ3n) is 2.75. The molecule has 108 valence electrons. The maximum absolute atomic E-state index is 11.4. The lowest BCUT2D eigenvalue weighted by molar-refractivity contribution is -0.132. The molecule has 1 rings (SSSR count). The van der Waals surface area contributed by atoms with Crippen molar-refractivity contribution >= 4 is 21.1 Å². The summed E-state index contributed by atoms with van der Waals surface area (Å²) in [4.78, 5) is 15.3. The van der Waals surface area contributed by atoms with Crippen LogP contribution in [0.3, 0.4) is 0 Å². The number of hydrogen-bond acceptors (Lipinski definition) is 5. The van der Waals surface area contributed by atoms with Crippen molar-refractivity contribution in [2.75, 3.05) is 20.6 Å². The van der Waals surface area contributed by atoms with Crippen LogP contribution in [0.1, 0.15) is 6.42 Å². The van der Waals surface area contributed by atoms with Crippen molar-refractivity contribution in [3.8, 4) is 0 Å². The molecule has 0 fully saturated rings. The Morgan fingerprint density at radius 1 is 1.50 bits per heavy atom. The lowest BCUT2D eigenvalue weighted by atomic mass is 9.91. The Bertz CT molecular complexity index is 646. The normalized spacial score (nSPS) is 18.1. The van der Waals surface area contributed by atoms with E-state index < -0.39 is 22.3 Å². The molecule has 0 aliphatic heterocycles. The van der Waals surface area contributed by atoms with E-state index in [9.17, 15) is 13.2 Å². The average molecular weight is 298 g/mol. The lowest BCUT2D eigenvalue weighted by Crippen LogP contribution is -2.31. The van der Waals surface area contributed by atoms with Crippen LogP contribution in [-0.4, -0.2) is 55.9 Å². The quantitative estimate of drug-likeness (QED) is 0.345. The van der Waals surface area contributed by atoms with E-state index in [-0.39, 0.29) is 10.4 Å². The van der Waals surface area contributed by atoms with E-state index in [2.05, 4.69) is 10.0 Å². The van der Waals surface area contributed by atoms with Crippen molar-refractivity contribution in [1.29, 1.82) is 0 Å². The Morgan fingerprint density at radius 3 is 2.60 bits per heavy atom. The lowest BCUT2D eigenvalue weighted by Gasteiger charge is -2.20. The minimum Gasteiger partial charge on any atom is -0.478 e. The summed E-state index contributed by atoms with van der Waals surface area (Å²) in [5.74, 6) is -1.31. The van der Waals surface area contributed by atoms with E-state index in [4.69, 9.17) is 10.6 Å². The van der Waals surface area contributed by atoms with Gasteiger partial charge < -0.3 is 10.0 Å². The van der Waals surface area contributed by atoms with Crippen LogP contribution in [0.5, 0.6) is 0 Å². The summed E-state index contributed by atoms with van der Waals surface area (Å²) in [6, 6.07) is -1.32. The molecule has 0 saturated heterocycles. The molecule has 9 heteroatoms. The maximum atomic E-state index is 11.4. The van der Waals surface area contributed by atoms with E-state index >= 15 is 0 Å². The predicted octanol–water partition coefficient (Wildman–Crippen LogP) is 0.620. The van der Waals surface area contributed by atoms with E-state index in [0.29, 0.717) is 18.5 Å². The third kappa shape index (κ3) is 3.70. The second-order valence-electron chi connectivity index (χ2n) is 4.38. The van der Waals surface area contributed by atoms with Crippen molar-refractivity contribution in [3.63, 3.8) is 0 Å². The van der Waals surface area contributed by atoms with E-state index in [0.717, 1.165) is 0 Å². The van der Waals surface area contributed by atoms with Gasteiger partial charge in [0.25, 0.3) is 0 Å². The number of hydrogen-bond donors (Lipinski definition) is 1. The number of aliphatic carboxylic acids is 1. The Balaban J connectivity index is 3.34. The minimum absolute atomic E-state index is 0.176. The Labute approximate surface area is 117 Å². The topological polar surface area (TPSA) is 123 Å². The van der Waals surface area contributed by atoms with Crippen LogP contribution in [0, 0.1) is 0 Å². The zero-order chi connectivity index (χ0) is 15.3. The zero-order valence-electron chi connectivity index (χ0n) is 11.0. The molecule has 0 aromatic heterocycles. The van der Waals surface area contributed by atoms with Gasteiger partial charge in [-0.3, -0.25) is 0 Å². The van der Waals surface area contributed by atoms with Gasteiger partial charge in [0.15, 0.2) is 0 Å². The second kappa shape index (κ2) is 6.90. The fraction of sp³-hybridized carbons (Fsp3) is 0.455. The summed E-state index contributed by atoms with van der Waals surface area (Å²) in [6.45, 7) is 0.589. The number of azide groups is 1. The fourth-order valence-electron chi connectivity index (χ4n) is 1.78. The Morgan fingerprint density at radius 2 is 2.15 bits per heavy atom. The van der Waals surface area contributed by atoms with E-state index in [1.807, 2.05) is 19.0 Å². The first-order valence-corrected chi connectivity index (χ1v) is 6.75. The number of carboxylic acids is 1. The summed E-state index contributed by atoms with van der Waals surface area (Å²) in [5.41, 5.74) is 8.72. The molecule has 1 N–H and O–H groups in total. The Hall–Kier alpha value is -2.09. The molecule has 0 aromatic rings.